The normalized spacial score (nSPS) is 11.9. The van der Waals surface area contributed by atoms with Crippen molar-refractivity contribution in [3.8, 4) is 0 Å². The molecule has 3 aromatic carbocycles. The van der Waals surface area contributed by atoms with Crippen LogP contribution in [0, 0.1) is 6.92 Å². The number of benzene rings is 3. The summed E-state index contributed by atoms with van der Waals surface area (Å²) in [4.78, 5) is 27.2. The van der Waals surface area contributed by atoms with E-state index in [1.807, 2.05) is 98.8 Å². The summed E-state index contributed by atoms with van der Waals surface area (Å²) in [6.07, 6.45) is 0. The van der Waals surface area contributed by atoms with E-state index in [1.54, 1.807) is 11.9 Å². The van der Waals surface area contributed by atoms with Crippen LogP contribution in [0.4, 0.5) is 5.69 Å². The van der Waals surface area contributed by atoms with Crippen LogP contribution >= 0.6 is 0 Å². The molecule has 0 radical (unpaired) electrons. The van der Waals surface area contributed by atoms with Gasteiger partial charge in [0.1, 0.15) is 0 Å². The second-order valence-electron chi connectivity index (χ2n) is 7.77. The van der Waals surface area contributed by atoms with Crippen LogP contribution in [0.5, 0.6) is 0 Å². The summed E-state index contributed by atoms with van der Waals surface area (Å²) in [5.74, 6) is -0.294. The van der Waals surface area contributed by atoms with Crippen molar-refractivity contribution in [1.29, 1.82) is 0 Å². The third-order valence-corrected chi connectivity index (χ3v) is 5.32. The van der Waals surface area contributed by atoms with Crippen LogP contribution in [0.25, 0.3) is 0 Å². The number of nitrogens with one attached hydrogen (secondary N) is 2. The number of amides is 2. The molecule has 0 aromatic heterocycles. The Labute approximate surface area is 184 Å². The summed E-state index contributed by atoms with van der Waals surface area (Å²) < 4.78 is 0. The summed E-state index contributed by atoms with van der Waals surface area (Å²) in [6, 6.07) is 26.7. The van der Waals surface area contributed by atoms with Crippen LogP contribution < -0.4 is 10.6 Å². The highest BCUT2D eigenvalue weighted by Gasteiger charge is 2.24. The van der Waals surface area contributed by atoms with E-state index in [4.69, 9.17) is 0 Å². The molecule has 2 amide bonds. The molecule has 0 saturated heterocycles. The first-order valence-electron chi connectivity index (χ1n) is 10.4. The summed E-state index contributed by atoms with van der Waals surface area (Å²) in [5.41, 5.74) is 3.89. The van der Waals surface area contributed by atoms with Gasteiger partial charge in [0.25, 0.3) is 0 Å². The van der Waals surface area contributed by atoms with Crippen molar-refractivity contribution in [1.82, 2.24) is 10.2 Å². The number of aryl methyl sites for hydroxylation is 1. The molecule has 31 heavy (non-hydrogen) atoms. The molecule has 0 fully saturated rings. The van der Waals surface area contributed by atoms with Gasteiger partial charge in [0, 0.05) is 5.69 Å². The van der Waals surface area contributed by atoms with E-state index in [-0.39, 0.29) is 24.4 Å². The first kappa shape index (κ1) is 22.2. The van der Waals surface area contributed by atoms with Crippen molar-refractivity contribution < 1.29 is 9.59 Å². The van der Waals surface area contributed by atoms with E-state index >= 15 is 0 Å². The lowest BCUT2D eigenvalue weighted by Crippen LogP contribution is -2.47. The third-order valence-electron chi connectivity index (χ3n) is 5.32. The number of rotatable bonds is 8. The van der Waals surface area contributed by atoms with Gasteiger partial charge in [-0.25, -0.2) is 0 Å². The van der Waals surface area contributed by atoms with Gasteiger partial charge in [-0.3, -0.25) is 14.5 Å². The molecule has 0 saturated carbocycles. The lowest BCUT2D eigenvalue weighted by atomic mass is 9.98. The molecule has 0 spiro atoms. The number of hydrogen-bond acceptors (Lipinski definition) is 3. The number of carbonyl (C=O) groups is 2. The average molecular weight is 416 g/mol. The standard InChI is InChI=1S/C26H29N3O2/c1-19-14-16-23(17-15-19)27-24(30)18-29(3)20(2)26(31)28-25(21-10-6-4-7-11-21)22-12-8-5-9-13-22/h4-17,20,25H,18H2,1-3H3,(H,27,30)(H,28,31). The van der Waals surface area contributed by atoms with Crippen LogP contribution in [-0.4, -0.2) is 36.3 Å². The monoisotopic (exact) mass is 415 g/mol. The molecule has 1 atom stereocenters. The predicted octanol–water partition coefficient (Wildman–Crippen LogP) is 4.16. The van der Waals surface area contributed by atoms with Gasteiger partial charge < -0.3 is 10.6 Å². The maximum Gasteiger partial charge on any atom is 0.238 e. The molecule has 3 aromatic rings. The van der Waals surface area contributed by atoms with Gasteiger partial charge in [0.05, 0.1) is 18.6 Å². The lowest BCUT2D eigenvalue weighted by Gasteiger charge is -2.27. The van der Waals surface area contributed by atoms with Crippen molar-refractivity contribution in [3.63, 3.8) is 0 Å². The highest BCUT2D eigenvalue weighted by molar-refractivity contribution is 5.92. The van der Waals surface area contributed by atoms with Crippen molar-refractivity contribution in [2.45, 2.75) is 25.9 Å². The predicted molar refractivity (Wildman–Crippen MR) is 125 cm³/mol. The van der Waals surface area contributed by atoms with E-state index in [2.05, 4.69) is 10.6 Å². The lowest BCUT2D eigenvalue weighted by molar-refractivity contribution is -0.127. The van der Waals surface area contributed by atoms with Crippen LogP contribution in [0.1, 0.15) is 29.7 Å². The van der Waals surface area contributed by atoms with E-state index in [0.717, 1.165) is 22.4 Å². The molecule has 0 aliphatic heterocycles. The van der Waals surface area contributed by atoms with Crippen LogP contribution in [0.2, 0.25) is 0 Å². The topological polar surface area (TPSA) is 61.4 Å². The highest BCUT2D eigenvalue weighted by Crippen LogP contribution is 2.22. The van der Waals surface area contributed by atoms with E-state index in [1.165, 1.54) is 0 Å². The van der Waals surface area contributed by atoms with E-state index < -0.39 is 6.04 Å². The molecule has 5 nitrogen and oxygen atoms in total. The second-order valence-corrected chi connectivity index (χ2v) is 7.77. The largest absolute Gasteiger partial charge is 0.344 e. The zero-order chi connectivity index (χ0) is 22.2. The van der Waals surface area contributed by atoms with Gasteiger partial charge in [0.2, 0.25) is 11.8 Å². The molecule has 3 rings (SSSR count). The Morgan fingerprint density at radius 2 is 1.35 bits per heavy atom. The minimum atomic E-state index is -0.473. The molecule has 2 N–H and O–H groups in total. The minimum Gasteiger partial charge on any atom is -0.344 e. The summed E-state index contributed by atoms with van der Waals surface area (Å²) in [5, 5.41) is 6.02. The molecule has 5 heteroatoms. The number of likely N-dealkylation sites (N-methyl/N-ethyl adjacent to an activating group) is 1. The number of hydrogen-bond donors (Lipinski definition) is 2. The van der Waals surface area contributed by atoms with E-state index in [0.29, 0.717) is 0 Å². The first-order chi connectivity index (χ1) is 14.9. The summed E-state index contributed by atoms with van der Waals surface area (Å²) >= 11 is 0. The Hall–Kier alpha value is -3.44. The molecule has 1 unspecified atom stereocenters. The Morgan fingerprint density at radius 3 is 1.87 bits per heavy atom. The Balaban J connectivity index is 1.64. The van der Waals surface area contributed by atoms with Gasteiger partial charge in [-0.2, -0.15) is 0 Å². The number of nitrogens with zero attached hydrogens (tertiary/aromatic N) is 1. The van der Waals surface area contributed by atoms with Crippen LogP contribution in [0.3, 0.4) is 0 Å². The van der Waals surface area contributed by atoms with Crippen molar-refractivity contribution in [2.75, 3.05) is 18.9 Å². The van der Waals surface area contributed by atoms with Gasteiger partial charge in [-0.15, -0.1) is 0 Å². The fourth-order valence-corrected chi connectivity index (χ4v) is 3.31. The van der Waals surface area contributed by atoms with Crippen molar-refractivity contribution >= 4 is 17.5 Å². The van der Waals surface area contributed by atoms with Gasteiger partial charge in [-0.05, 0) is 44.2 Å². The summed E-state index contributed by atoms with van der Waals surface area (Å²) in [7, 11) is 1.78. The SMILES string of the molecule is Cc1ccc(NC(=O)CN(C)C(C)C(=O)NC(c2ccccc2)c2ccccc2)cc1. The molecular formula is C26H29N3O2. The maximum absolute atomic E-state index is 13.0. The molecule has 160 valence electrons. The zero-order valence-corrected chi connectivity index (χ0v) is 18.2. The quantitative estimate of drug-likeness (QED) is 0.581. The molecule has 0 heterocycles. The third kappa shape index (κ3) is 6.27. The zero-order valence-electron chi connectivity index (χ0n) is 18.2. The van der Waals surface area contributed by atoms with Gasteiger partial charge >= 0.3 is 0 Å². The number of carbonyl (C=O) groups excluding carboxylic acids is 2. The van der Waals surface area contributed by atoms with Crippen molar-refractivity contribution in [3.05, 3.63) is 102 Å². The number of anilines is 1. The Bertz CT molecular complexity index is 949. The Kier molecular flexibility index (Phi) is 7.57. The smallest absolute Gasteiger partial charge is 0.238 e. The first-order valence-corrected chi connectivity index (χ1v) is 10.4. The average Bonchev–Trinajstić information content (AvgIpc) is 2.79. The maximum atomic E-state index is 13.0. The van der Waals surface area contributed by atoms with Gasteiger partial charge in [0.15, 0.2) is 0 Å². The Morgan fingerprint density at radius 1 is 0.839 bits per heavy atom. The van der Waals surface area contributed by atoms with Gasteiger partial charge in [-0.1, -0.05) is 78.4 Å². The minimum absolute atomic E-state index is 0.115. The molecule has 0 aliphatic rings. The van der Waals surface area contributed by atoms with E-state index in [9.17, 15) is 9.59 Å². The molecular weight excluding hydrogens is 386 g/mol. The summed E-state index contributed by atoms with van der Waals surface area (Å²) in [6.45, 7) is 3.92. The van der Waals surface area contributed by atoms with Crippen LogP contribution in [-0.2, 0) is 9.59 Å². The molecule has 0 bridgehead atoms. The van der Waals surface area contributed by atoms with Crippen LogP contribution in [0.15, 0.2) is 84.9 Å². The fourth-order valence-electron chi connectivity index (χ4n) is 3.31. The van der Waals surface area contributed by atoms with Crippen molar-refractivity contribution in [2.24, 2.45) is 0 Å². The molecule has 0 aliphatic carbocycles. The highest BCUT2D eigenvalue weighted by atomic mass is 16.2. The second kappa shape index (κ2) is 10.5. The fraction of sp³-hybridized carbons (Fsp3) is 0.231.